The van der Waals surface area contributed by atoms with Crippen LogP contribution in [-0.2, 0) is 31.2 Å². The van der Waals surface area contributed by atoms with Crippen LogP contribution in [0, 0.1) is 6.92 Å². The van der Waals surface area contributed by atoms with Gasteiger partial charge in [0.05, 0.1) is 6.61 Å². The number of esters is 1. The zero-order chi connectivity index (χ0) is 6.57. The van der Waals surface area contributed by atoms with E-state index in [2.05, 4.69) is 18.2 Å². The third kappa shape index (κ3) is 5.80. The van der Waals surface area contributed by atoms with Gasteiger partial charge in [0.25, 0.3) is 0 Å². The summed E-state index contributed by atoms with van der Waals surface area (Å²) in [5.41, 5.74) is 0.411. The van der Waals surface area contributed by atoms with Gasteiger partial charge in [-0.25, -0.2) is 4.79 Å². The third-order valence-electron chi connectivity index (χ3n) is 0.582. The standard InChI is InChI=1S/C6H9O2.Ti/c1-4-8-6(7)5(2)3;/h1-2,4H2,3H3;. The summed E-state index contributed by atoms with van der Waals surface area (Å²) in [7, 11) is 0. The molecule has 2 nitrogen and oxygen atoms in total. The number of hydrogen-bond donors (Lipinski definition) is 0. The first-order valence-electron chi connectivity index (χ1n) is 2.30. The number of carbonyl (C=O) groups excluding carboxylic acids is 1. The van der Waals surface area contributed by atoms with Crippen LogP contribution in [0.5, 0.6) is 0 Å². The maximum Gasteiger partial charge on any atom is 0.333 e. The average molecular weight is 161 g/mol. The first-order chi connectivity index (χ1) is 3.68. The van der Waals surface area contributed by atoms with Crippen LogP contribution < -0.4 is 0 Å². The molecule has 0 spiro atoms. The van der Waals surface area contributed by atoms with E-state index in [-0.39, 0.29) is 34.3 Å². The van der Waals surface area contributed by atoms with Crippen molar-refractivity contribution in [1.29, 1.82) is 0 Å². The molecule has 0 aliphatic rings. The van der Waals surface area contributed by atoms with Gasteiger partial charge in [-0.05, 0) is 13.8 Å². The Balaban J connectivity index is 0. The normalized spacial score (nSPS) is 7.33. The van der Waals surface area contributed by atoms with E-state index < -0.39 is 0 Å². The molecule has 9 heavy (non-hydrogen) atoms. The molecule has 0 heterocycles. The Labute approximate surface area is 70.2 Å². The van der Waals surface area contributed by atoms with E-state index in [0.29, 0.717) is 5.57 Å². The van der Waals surface area contributed by atoms with Gasteiger partial charge < -0.3 is 4.74 Å². The van der Waals surface area contributed by atoms with Crippen molar-refractivity contribution in [2.24, 2.45) is 0 Å². The van der Waals surface area contributed by atoms with Crippen LogP contribution in [0.15, 0.2) is 12.2 Å². The summed E-state index contributed by atoms with van der Waals surface area (Å²) in [5, 5.41) is 0. The van der Waals surface area contributed by atoms with Crippen molar-refractivity contribution >= 4 is 5.97 Å². The minimum atomic E-state index is -0.375. The average Bonchev–Trinajstić information content (AvgIpc) is 1.67. The summed E-state index contributed by atoms with van der Waals surface area (Å²) in [6, 6.07) is 0. The molecule has 0 aliphatic heterocycles. The van der Waals surface area contributed by atoms with E-state index in [9.17, 15) is 4.79 Å². The van der Waals surface area contributed by atoms with E-state index >= 15 is 0 Å². The zero-order valence-corrected chi connectivity index (χ0v) is 7.00. The van der Waals surface area contributed by atoms with Crippen LogP contribution >= 0.6 is 0 Å². The Morgan fingerprint density at radius 2 is 2.11 bits per heavy atom. The summed E-state index contributed by atoms with van der Waals surface area (Å²) < 4.78 is 4.45. The summed E-state index contributed by atoms with van der Waals surface area (Å²) in [4.78, 5) is 10.4. The van der Waals surface area contributed by atoms with Gasteiger partial charge in [0.2, 0.25) is 0 Å². The molecule has 1 radical (unpaired) electrons. The van der Waals surface area contributed by atoms with Gasteiger partial charge in [-0.15, -0.1) is 0 Å². The fourth-order valence-electron chi connectivity index (χ4n) is 0.216. The number of carbonyl (C=O) groups is 1. The molecular weight excluding hydrogens is 152 g/mol. The van der Waals surface area contributed by atoms with E-state index in [4.69, 9.17) is 0 Å². The Hall–Kier alpha value is -0.0757. The molecule has 0 N–H and O–H groups in total. The molecule has 0 atom stereocenters. The Morgan fingerprint density at radius 3 is 2.22 bits per heavy atom. The van der Waals surface area contributed by atoms with Gasteiger partial charge in [-0.1, -0.05) is 6.58 Å². The van der Waals surface area contributed by atoms with E-state index in [1.54, 1.807) is 6.92 Å². The smallest absolute Gasteiger partial charge is 0.333 e. The number of rotatable bonds is 2. The van der Waals surface area contributed by atoms with Crippen LogP contribution in [0.3, 0.4) is 0 Å². The van der Waals surface area contributed by atoms with Crippen LogP contribution in [-0.4, -0.2) is 12.6 Å². The van der Waals surface area contributed by atoms with Gasteiger partial charge >= 0.3 is 5.97 Å². The maximum absolute atomic E-state index is 10.4. The number of ether oxygens (including phenoxy) is 1. The van der Waals surface area contributed by atoms with Crippen molar-refractivity contribution in [3.05, 3.63) is 19.1 Å². The molecule has 49 valence electrons. The van der Waals surface area contributed by atoms with E-state index in [1.165, 1.54) is 0 Å². The molecule has 0 fully saturated rings. The third-order valence-corrected chi connectivity index (χ3v) is 0.582. The van der Waals surface area contributed by atoms with Crippen molar-refractivity contribution < 1.29 is 31.2 Å². The quantitative estimate of drug-likeness (QED) is 0.342. The predicted molar refractivity (Wildman–Crippen MR) is 31.1 cm³/mol. The molecule has 0 amide bonds. The van der Waals surface area contributed by atoms with E-state index in [0.717, 1.165) is 0 Å². The fraction of sp³-hybridized carbons (Fsp3) is 0.333. The molecule has 0 aliphatic carbocycles. The van der Waals surface area contributed by atoms with Crippen LogP contribution in [0.25, 0.3) is 0 Å². The minimum absolute atomic E-state index is 0. The van der Waals surface area contributed by atoms with Gasteiger partial charge in [-0.2, -0.15) is 0 Å². The first-order valence-corrected chi connectivity index (χ1v) is 2.30. The van der Waals surface area contributed by atoms with Gasteiger partial charge in [-0.3, -0.25) is 0 Å². The topological polar surface area (TPSA) is 26.3 Å². The molecule has 3 heteroatoms. The van der Waals surface area contributed by atoms with Crippen molar-refractivity contribution in [2.75, 3.05) is 6.61 Å². The molecule has 0 aromatic rings. The molecule has 0 saturated carbocycles. The van der Waals surface area contributed by atoms with Crippen molar-refractivity contribution in [3.63, 3.8) is 0 Å². The zero-order valence-electron chi connectivity index (χ0n) is 5.44. The summed E-state index contributed by atoms with van der Waals surface area (Å²) in [6.07, 6.45) is 0. The predicted octanol–water partition coefficient (Wildman–Crippen LogP) is 0.937. The summed E-state index contributed by atoms with van der Waals surface area (Å²) in [6.45, 7) is 8.46. The van der Waals surface area contributed by atoms with Crippen molar-refractivity contribution in [1.82, 2.24) is 0 Å². The second-order valence-electron chi connectivity index (χ2n) is 1.42. The Morgan fingerprint density at radius 1 is 1.67 bits per heavy atom. The summed E-state index contributed by atoms with van der Waals surface area (Å²) in [5.74, 6) is -0.375. The molecule has 0 rings (SSSR count). The molecule has 0 unspecified atom stereocenters. The minimum Gasteiger partial charge on any atom is -0.462 e. The van der Waals surface area contributed by atoms with Crippen LogP contribution in [0.1, 0.15) is 6.92 Å². The van der Waals surface area contributed by atoms with Crippen LogP contribution in [0.4, 0.5) is 0 Å². The van der Waals surface area contributed by atoms with Crippen molar-refractivity contribution in [2.45, 2.75) is 6.92 Å². The van der Waals surface area contributed by atoms with Crippen LogP contribution in [0.2, 0.25) is 0 Å². The monoisotopic (exact) mass is 161 g/mol. The fourth-order valence-corrected chi connectivity index (χ4v) is 0.216. The summed E-state index contributed by atoms with van der Waals surface area (Å²) >= 11 is 0. The van der Waals surface area contributed by atoms with Gasteiger partial charge in [0.1, 0.15) is 0 Å². The number of hydrogen-bond acceptors (Lipinski definition) is 2. The first kappa shape index (κ1) is 11.7. The maximum atomic E-state index is 10.4. The molecule has 0 bridgehead atoms. The largest absolute Gasteiger partial charge is 0.462 e. The molecular formula is C6H9O2Ti. The molecule has 0 aromatic carbocycles. The van der Waals surface area contributed by atoms with Gasteiger partial charge in [0, 0.05) is 27.3 Å². The second kappa shape index (κ2) is 6.05. The Kier molecular flexibility index (Phi) is 7.86. The second-order valence-corrected chi connectivity index (χ2v) is 1.42. The Bertz CT molecular complexity index is 110. The van der Waals surface area contributed by atoms with Gasteiger partial charge in [0.15, 0.2) is 0 Å². The molecule has 0 aromatic heterocycles. The van der Waals surface area contributed by atoms with Crippen molar-refractivity contribution in [3.8, 4) is 0 Å². The molecule has 0 saturated heterocycles. The SMILES string of the molecule is [CH2]COC(=O)C(=C)C.[Ti]. The van der Waals surface area contributed by atoms with E-state index in [1.807, 2.05) is 0 Å².